The Labute approximate surface area is 158 Å². The molecule has 2 aromatic carbocycles. The van der Waals surface area contributed by atoms with Crippen molar-refractivity contribution in [2.45, 2.75) is 6.61 Å². The summed E-state index contributed by atoms with van der Waals surface area (Å²) in [5.41, 5.74) is 1.99. The van der Waals surface area contributed by atoms with Gasteiger partial charge in [-0.2, -0.15) is 0 Å². The zero-order valence-electron chi connectivity index (χ0n) is 14.0. The van der Waals surface area contributed by atoms with Gasteiger partial charge in [-0.15, -0.1) is 0 Å². The first-order chi connectivity index (χ1) is 12.2. The van der Waals surface area contributed by atoms with E-state index in [9.17, 15) is 0 Å². The van der Waals surface area contributed by atoms with Crippen molar-refractivity contribution in [1.29, 1.82) is 0 Å². The van der Waals surface area contributed by atoms with E-state index in [2.05, 4.69) is 4.90 Å². The second kappa shape index (κ2) is 8.52. The number of morpholine rings is 1. The van der Waals surface area contributed by atoms with Gasteiger partial charge in [0.15, 0.2) is 11.5 Å². The topological polar surface area (TPSA) is 30.9 Å². The number of methoxy groups -OCH3 is 1. The lowest BCUT2D eigenvalue weighted by Crippen LogP contribution is -2.40. The van der Waals surface area contributed by atoms with Crippen LogP contribution in [0.1, 0.15) is 11.1 Å². The molecular formula is C19H20ClNO3S. The minimum absolute atomic E-state index is 0.445. The first-order valence-electron chi connectivity index (χ1n) is 8.09. The van der Waals surface area contributed by atoms with Gasteiger partial charge in [0.2, 0.25) is 0 Å². The van der Waals surface area contributed by atoms with Crippen LogP contribution < -0.4 is 9.47 Å². The average Bonchev–Trinajstić information content (AvgIpc) is 2.67. The predicted octanol–water partition coefficient (Wildman–Crippen LogP) is 3.94. The zero-order valence-corrected chi connectivity index (χ0v) is 15.6. The Morgan fingerprint density at radius 3 is 2.52 bits per heavy atom. The van der Waals surface area contributed by atoms with Crippen molar-refractivity contribution in [3.63, 3.8) is 0 Å². The van der Waals surface area contributed by atoms with Crippen molar-refractivity contribution >= 4 is 28.8 Å². The summed E-state index contributed by atoms with van der Waals surface area (Å²) in [4.78, 5) is 2.97. The quantitative estimate of drug-likeness (QED) is 0.737. The maximum absolute atomic E-state index is 5.90. The highest BCUT2D eigenvalue weighted by Gasteiger charge is 2.17. The number of ether oxygens (including phenoxy) is 3. The number of halogens is 1. The molecule has 25 heavy (non-hydrogen) atoms. The Bertz CT molecular complexity index is 730. The van der Waals surface area contributed by atoms with Crippen LogP contribution in [0.2, 0.25) is 5.02 Å². The van der Waals surface area contributed by atoms with E-state index in [4.69, 9.17) is 38.0 Å². The Morgan fingerprint density at radius 2 is 1.84 bits per heavy atom. The number of hydrogen-bond acceptors (Lipinski definition) is 4. The molecule has 2 aromatic rings. The Balaban J connectivity index is 1.70. The number of benzene rings is 2. The molecule has 1 saturated heterocycles. The van der Waals surface area contributed by atoms with Crippen LogP contribution in [0.25, 0.3) is 0 Å². The highest BCUT2D eigenvalue weighted by molar-refractivity contribution is 7.80. The van der Waals surface area contributed by atoms with Crippen molar-refractivity contribution in [3.8, 4) is 11.5 Å². The molecule has 4 nitrogen and oxygen atoms in total. The summed E-state index contributed by atoms with van der Waals surface area (Å²) in [6.45, 7) is 3.49. The zero-order chi connectivity index (χ0) is 17.6. The minimum atomic E-state index is 0.445. The molecule has 1 aliphatic heterocycles. The monoisotopic (exact) mass is 377 g/mol. The molecule has 132 valence electrons. The first-order valence-corrected chi connectivity index (χ1v) is 8.88. The Morgan fingerprint density at radius 1 is 1.12 bits per heavy atom. The third-order valence-electron chi connectivity index (χ3n) is 4.02. The fourth-order valence-corrected chi connectivity index (χ4v) is 3.05. The van der Waals surface area contributed by atoms with Crippen LogP contribution in [0.15, 0.2) is 42.5 Å². The second-order valence-electron chi connectivity index (χ2n) is 5.69. The SMILES string of the molecule is COc1cc(C(=S)N2CCOCC2)ccc1OCc1ccc(Cl)cc1. The normalized spacial score (nSPS) is 14.2. The van der Waals surface area contributed by atoms with Crippen LogP contribution in [-0.4, -0.2) is 43.3 Å². The Kier molecular flexibility index (Phi) is 6.13. The lowest BCUT2D eigenvalue weighted by Gasteiger charge is -2.29. The van der Waals surface area contributed by atoms with E-state index in [0.717, 1.165) is 29.2 Å². The lowest BCUT2D eigenvalue weighted by molar-refractivity contribution is 0.0693. The smallest absolute Gasteiger partial charge is 0.161 e. The summed E-state index contributed by atoms with van der Waals surface area (Å²) in [5, 5.41) is 0.710. The summed E-state index contributed by atoms with van der Waals surface area (Å²) in [7, 11) is 1.63. The largest absolute Gasteiger partial charge is 0.493 e. The molecule has 0 aromatic heterocycles. The van der Waals surface area contributed by atoms with Crippen molar-refractivity contribution in [3.05, 3.63) is 58.6 Å². The third-order valence-corrected chi connectivity index (χ3v) is 4.76. The standard InChI is InChI=1S/C19H20ClNO3S/c1-22-18-12-15(19(25)21-8-10-23-11-9-21)4-7-17(18)24-13-14-2-5-16(20)6-3-14/h2-7,12H,8-11,13H2,1H3. The number of rotatable bonds is 5. The van der Waals surface area contributed by atoms with Gasteiger partial charge >= 0.3 is 0 Å². The van der Waals surface area contributed by atoms with Crippen LogP contribution in [-0.2, 0) is 11.3 Å². The summed E-state index contributed by atoms with van der Waals surface area (Å²) >= 11 is 11.5. The van der Waals surface area contributed by atoms with Crippen LogP contribution in [0, 0.1) is 0 Å². The molecule has 6 heteroatoms. The van der Waals surface area contributed by atoms with Crippen molar-refractivity contribution in [2.24, 2.45) is 0 Å². The molecule has 0 spiro atoms. The average molecular weight is 378 g/mol. The molecule has 0 bridgehead atoms. The molecule has 3 rings (SSSR count). The van der Waals surface area contributed by atoms with E-state index in [1.165, 1.54) is 0 Å². The van der Waals surface area contributed by atoms with E-state index >= 15 is 0 Å². The highest BCUT2D eigenvalue weighted by Crippen LogP contribution is 2.29. The summed E-state index contributed by atoms with van der Waals surface area (Å²) in [5.74, 6) is 1.35. The van der Waals surface area contributed by atoms with Crippen LogP contribution >= 0.6 is 23.8 Å². The molecule has 0 saturated carbocycles. The molecule has 0 radical (unpaired) electrons. The van der Waals surface area contributed by atoms with Gasteiger partial charge in [-0.3, -0.25) is 0 Å². The highest BCUT2D eigenvalue weighted by atomic mass is 35.5. The maximum atomic E-state index is 5.90. The molecule has 0 atom stereocenters. The molecule has 0 aliphatic carbocycles. The van der Waals surface area contributed by atoms with Gasteiger partial charge in [-0.1, -0.05) is 36.0 Å². The Hall–Kier alpha value is -1.82. The molecular weight excluding hydrogens is 358 g/mol. The number of thiocarbonyl (C=S) groups is 1. The van der Waals surface area contributed by atoms with E-state index < -0.39 is 0 Å². The fourth-order valence-electron chi connectivity index (χ4n) is 2.61. The van der Waals surface area contributed by atoms with Gasteiger partial charge < -0.3 is 19.1 Å². The van der Waals surface area contributed by atoms with Crippen LogP contribution in [0.4, 0.5) is 0 Å². The maximum Gasteiger partial charge on any atom is 0.161 e. The molecule has 1 heterocycles. The van der Waals surface area contributed by atoms with Gasteiger partial charge in [0.05, 0.1) is 20.3 Å². The number of hydrogen-bond donors (Lipinski definition) is 0. The van der Waals surface area contributed by atoms with Gasteiger partial charge in [0, 0.05) is 23.7 Å². The molecule has 0 unspecified atom stereocenters. The van der Waals surface area contributed by atoms with E-state index in [1.54, 1.807) is 7.11 Å². The van der Waals surface area contributed by atoms with Crippen molar-refractivity contribution in [2.75, 3.05) is 33.4 Å². The predicted molar refractivity (Wildman–Crippen MR) is 103 cm³/mol. The van der Waals surface area contributed by atoms with E-state index in [-0.39, 0.29) is 0 Å². The summed E-state index contributed by atoms with van der Waals surface area (Å²) in [6.07, 6.45) is 0. The fraction of sp³-hybridized carbons (Fsp3) is 0.316. The molecule has 1 fully saturated rings. The van der Waals surface area contributed by atoms with Crippen LogP contribution in [0.3, 0.4) is 0 Å². The second-order valence-corrected chi connectivity index (χ2v) is 6.51. The summed E-state index contributed by atoms with van der Waals surface area (Å²) in [6, 6.07) is 13.4. The lowest BCUT2D eigenvalue weighted by atomic mass is 10.1. The number of nitrogens with zero attached hydrogens (tertiary/aromatic N) is 1. The van der Waals surface area contributed by atoms with Crippen LogP contribution in [0.5, 0.6) is 11.5 Å². The molecule has 1 aliphatic rings. The van der Waals surface area contributed by atoms with Crippen molar-refractivity contribution < 1.29 is 14.2 Å². The van der Waals surface area contributed by atoms with E-state index in [1.807, 2.05) is 42.5 Å². The summed E-state index contributed by atoms with van der Waals surface area (Å²) < 4.78 is 16.7. The first kappa shape index (κ1) is 18.0. The van der Waals surface area contributed by atoms with Gasteiger partial charge in [-0.25, -0.2) is 0 Å². The third kappa shape index (κ3) is 4.63. The molecule has 0 amide bonds. The minimum Gasteiger partial charge on any atom is -0.493 e. The van der Waals surface area contributed by atoms with Crippen molar-refractivity contribution in [1.82, 2.24) is 4.90 Å². The van der Waals surface area contributed by atoms with Gasteiger partial charge in [0.25, 0.3) is 0 Å². The van der Waals surface area contributed by atoms with Gasteiger partial charge in [-0.05, 0) is 35.9 Å². The van der Waals surface area contributed by atoms with Gasteiger partial charge in [0.1, 0.15) is 11.6 Å². The molecule has 0 N–H and O–H groups in total. The van der Waals surface area contributed by atoms with E-state index in [0.29, 0.717) is 36.3 Å².